The Morgan fingerprint density at radius 2 is 2.00 bits per heavy atom. The van der Waals surface area contributed by atoms with Gasteiger partial charge < -0.3 is 13.9 Å². The molecule has 0 saturated heterocycles. The van der Waals surface area contributed by atoms with Gasteiger partial charge in [0, 0.05) is 20.1 Å². The summed E-state index contributed by atoms with van der Waals surface area (Å²) in [5, 5.41) is 8.99. The van der Waals surface area contributed by atoms with Crippen molar-refractivity contribution < 1.29 is 9.21 Å². The van der Waals surface area contributed by atoms with E-state index in [9.17, 15) is 4.79 Å². The van der Waals surface area contributed by atoms with Crippen molar-refractivity contribution in [3.05, 3.63) is 54.3 Å². The Morgan fingerprint density at radius 3 is 2.68 bits per heavy atom. The minimum atomic E-state index is 0.0823. The molecule has 0 spiro atoms. The van der Waals surface area contributed by atoms with E-state index in [4.69, 9.17) is 4.42 Å². The van der Waals surface area contributed by atoms with Crippen LogP contribution in [0.5, 0.6) is 0 Å². The van der Waals surface area contributed by atoms with Crippen molar-refractivity contribution in [1.82, 2.24) is 19.7 Å². The maximum Gasteiger partial charge on any atom is 0.233 e. The Hall–Kier alpha value is -2.54. The molecule has 3 aromatic rings. The lowest BCUT2D eigenvalue weighted by atomic mass is 10.2. The van der Waals surface area contributed by atoms with Crippen LogP contribution >= 0.6 is 11.8 Å². The van der Waals surface area contributed by atoms with Gasteiger partial charge in [-0.15, -0.1) is 10.2 Å². The quantitative estimate of drug-likeness (QED) is 0.608. The summed E-state index contributed by atoms with van der Waals surface area (Å²) < 4.78 is 7.19. The smallest absolute Gasteiger partial charge is 0.233 e. The van der Waals surface area contributed by atoms with Gasteiger partial charge in [0.15, 0.2) is 16.7 Å². The number of carbonyl (C=O) groups excluding carboxylic acids is 1. The van der Waals surface area contributed by atoms with E-state index in [0.717, 1.165) is 5.56 Å². The molecule has 0 saturated carbocycles. The van der Waals surface area contributed by atoms with E-state index in [1.807, 2.05) is 65.9 Å². The van der Waals surface area contributed by atoms with Gasteiger partial charge in [-0.05, 0) is 24.6 Å². The fourth-order valence-electron chi connectivity index (χ4n) is 2.46. The Labute approximate surface area is 150 Å². The summed E-state index contributed by atoms with van der Waals surface area (Å²) in [5.74, 6) is 1.72. The van der Waals surface area contributed by atoms with E-state index < -0.39 is 0 Å². The topological polar surface area (TPSA) is 64.2 Å². The molecule has 2 heterocycles. The lowest BCUT2D eigenvalue weighted by molar-refractivity contribution is -0.128. The van der Waals surface area contributed by atoms with E-state index in [0.29, 0.717) is 35.6 Å². The van der Waals surface area contributed by atoms with Crippen LogP contribution in [0.25, 0.3) is 11.6 Å². The first kappa shape index (κ1) is 17.3. The second-order valence-electron chi connectivity index (χ2n) is 5.52. The van der Waals surface area contributed by atoms with Crippen molar-refractivity contribution in [2.24, 2.45) is 7.05 Å². The molecule has 0 fully saturated rings. The molecular weight excluding hydrogens is 336 g/mol. The summed E-state index contributed by atoms with van der Waals surface area (Å²) in [6.45, 7) is 3.28. The second-order valence-corrected chi connectivity index (χ2v) is 6.47. The van der Waals surface area contributed by atoms with E-state index in [1.165, 1.54) is 11.8 Å². The number of thioether (sulfide) groups is 1. The highest BCUT2D eigenvalue weighted by Crippen LogP contribution is 2.23. The van der Waals surface area contributed by atoms with E-state index in [1.54, 1.807) is 6.26 Å². The molecule has 3 rings (SSSR count). The minimum Gasteiger partial charge on any atom is -0.461 e. The van der Waals surface area contributed by atoms with Crippen molar-refractivity contribution in [3.63, 3.8) is 0 Å². The van der Waals surface area contributed by atoms with Crippen LogP contribution in [-0.4, -0.2) is 37.9 Å². The van der Waals surface area contributed by atoms with Gasteiger partial charge in [0.05, 0.1) is 12.0 Å². The number of furan rings is 1. The fraction of sp³-hybridized carbons (Fsp3) is 0.278. The van der Waals surface area contributed by atoms with Crippen LogP contribution in [0, 0.1) is 0 Å². The predicted octanol–water partition coefficient (Wildman–Crippen LogP) is 3.22. The first-order chi connectivity index (χ1) is 12.2. The highest BCUT2D eigenvalue weighted by molar-refractivity contribution is 7.99. The summed E-state index contributed by atoms with van der Waals surface area (Å²) in [6.07, 6.45) is 1.60. The molecule has 130 valence electrons. The van der Waals surface area contributed by atoms with Gasteiger partial charge in [0.1, 0.15) is 0 Å². The molecule has 0 N–H and O–H groups in total. The zero-order valence-corrected chi connectivity index (χ0v) is 15.1. The van der Waals surface area contributed by atoms with Gasteiger partial charge >= 0.3 is 0 Å². The van der Waals surface area contributed by atoms with Gasteiger partial charge in [-0.1, -0.05) is 42.1 Å². The average molecular weight is 356 g/mol. The second kappa shape index (κ2) is 8.02. The lowest BCUT2D eigenvalue weighted by Gasteiger charge is -2.20. The molecule has 0 aliphatic rings. The van der Waals surface area contributed by atoms with Gasteiger partial charge in [-0.25, -0.2) is 0 Å². The van der Waals surface area contributed by atoms with Crippen LogP contribution in [0.2, 0.25) is 0 Å². The van der Waals surface area contributed by atoms with E-state index >= 15 is 0 Å². The molecule has 0 aliphatic heterocycles. The van der Waals surface area contributed by atoms with Crippen molar-refractivity contribution >= 4 is 17.7 Å². The SMILES string of the molecule is CCN(Cc1ccccc1)C(=O)CSc1nnc(-c2ccco2)n1C. The number of rotatable bonds is 7. The summed E-state index contributed by atoms with van der Waals surface area (Å²) >= 11 is 1.38. The number of benzene rings is 1. The largest absolute Gasteiger partial charge is 0.461 e. The third kappa shape index (κ3) is 4.11. The molecule has 1 aromatic carbocycles. The summed E-state index contributed by atoms with van der Waals surface area (Å²) in [5.41, 5.74) is 1.13. The zero-order chi connectivity index (χ0) is 17.6. The molecule has 0 atom stereocenters. The Balaban J connectivity index is 1.61. The average Bonchev–Trinajstić information content (AvgIpc) is 3.28. The maximum atomic E-state index is 12.5. The zero-order valence-electron chi connectivity index (χ0n) is 14.3. The summed E-state index contributed by atoms with van der Waals surface area (Å²) in [7, 11) is 1.87. The Kier molecular flexibility index (Phi) is 5.55. The molecule has 0 aliphatic carbocycles. The highest BCUT2D eigenvalue weighted by Gasteiger charge is 2.17. The monoisotopic (exact) mass is 356 g/mol. The van der Waals surface area contributed by atoms with Gasteiger partial charge in [-0.2, -0.15) is 0 Å². The van der Waals surface area contributed by atoms with Crippen molar-refractivity contribution in [1.29, 1.82) is 0 Å². The van der Waals surface area contributed by atoms with E-state index in [-0.39, 0.29) is 5.91 Å². The first-order valence-electron chi connectivity index (χ1n) is 8.06. The van der Waals surface area contributed by atoms with Crippen molar-refractivity contribution in [2.75, 3.05) is 12.3 Å². The van der Waals surface area contributed by atoms with E-state index in [2.05, 4.69) is 10.2 Å². The van der Waals surface area contributed by atoms with Gasteiger partial charge in [0.25, 0.3) is 0 Å². The van der Waals surface area contributed by atoms with Crippen LogP contribution in [0.4, 0.5) is 0 Å². The maximum absolute atomic E-state index is 12.5. The molecule has 1 amide bonds. The molecule has 0 bridgehead atoms. The van der Waals surface area contributed by atoms with Crippen LogP contribution in [0.15, 0.2) is 58.3 Å². The van der Waals surface area contributed by atoms with Crippen LogP contribution in [0.3, 0.4) is 0 Å². The number of hydrogen-bond acceptors (Lipinski definition) is 5. The molecule has 6 nitrogen and oxygen atoms in total. The fourth-order valence-corrected chi connectivity index (χ4v) is 3.27. The Morgan fingerprint density at radius 1 is 1.20 bits per heavy atom. The number of aromatic nitrogens is 3. The summed E-state index contributed by atoms with van der Waals surface area (Å²) in [6, 6.07) is 13.6. The van der Waals surface area contributed by atoms with Crippen molar-refractivity contribution in [2.45, 2.75) is 18.6 Å². The number of carbonyl (C=O) groups is 1. The van der Waals surface area contributed by atoms with Gasteiger partial charge in [-0.3, -0.25) is 4.79 Å². The molecular formula is C18H20N4O2S. The third-order valence-corrected chi connectivity index (χ3v) is 4.86. The number of hydrogen-bond donors (Lipinski definition) is 0. The molecule has 0 unspecified atom stereocenters. The Bertz CT molecular complexity index is 815. The predicted molar refractivity (Wildman–Crippen MR) is 97.0 cm³/mol. The summed E-state index contributed by atoms with van der Waals surface area (Å²) in [4.78, 5) is 14.4. The molecule has 0 radical (unpaired) electrons. The molecule has 7 heteroatoms. The van der Waals surface area contributed by atoms with Gasteiger partial charge in [0.2, 0.25) is 5.91 Å². The molecule has 25 heavy (non-hydrogen) atoms. The molecule has 2 aromatic heterocycles. The number of amides is 1. The lowest BCUT2D eigenvalue weighted by Crippen LogP contribution is -2.31. The normalized spacial score (nSPS) is 10.8. The highest BCUT2D eigenvalue weighted by atomic mass is 32.2. The van der Waals surface area contributed by atoms with Crippen LogP contribution in [0.1, 0.15) is 12.5 Å². The van der Waals surface area contributed by atoms with Crippen molar-refractivity contribution in [3.8, 4) is 11.6 Å². The standard InChI is InChI=1S/C18H20N4O2S/c1-3-22(12-14-8-5-4-6-9-14)16(23)13-25-18-20-19-17(21(18)2)15-10-7-11-24-15/h4-11H,3,12-13H2,1-2H3. The third-order valence-electron chi connectivity index (χ3n) is 3.85. The van der Waals surface area contributed by atoms with Crippen LogP contribution in [-0.2, 0) is 18.4 Å². The minimum absolute atomic E-state index is 0.0823. The first-order valence-corrected chi connectivity index (χ1v) is 9.05. The van der Waals surface area contributed by atoms with Crippen LogP contribution < -0.4 is 0 Å². The number of nitrogens with zero attached hydrogens (tertiary/aromatic N) is 4.